The maximum absolute atomic E-state index is 5.96. The number of thioether (sulfide) groups is 1. The molecule has 3 heterocycles. The first-order valence-electron chi connectivity index (χ1n) is 6.19. The molecule has 0 bridgehead atoms. The van der Waals surface area contributed by atoms with Gasteiger partial charge in [0.15, 0.2) is 4.34 Å². The first-order valence-corrected chi connectivity index (χ1v) is 8.37. The molecule has 0 spiro atoms. The lowest BCUT2D eigenvalue weighted by Crippen LogP contribution is -1.96. The molecule has 8 heteroatoms. The molecule has 0 saturated carbocycles. The number of pyridine rings is 1. The number of halogens is 1. The number of nitrogens with zero attached hydrogens (tertiary/aromatic N) is 4. The summed E-state index contributed by atoms with van der Waals surface area (Å²) in [7, 11) is 0. The van der Waals surface area contributed by atoms with Gasteiger partial charge in [-0.1, -0.05) is 40.8 Å². The Bertz CT molecular complexity index is 767. The molecule has 3 aromatic rings. The van der Waals surface area contributed by atoms with Crippen molar-refractivity contribution in [3.8, 4) is 0 Å². The molecule has 3 aromatic heterocycles. The van der Waals surface area contributed by atoms with Crippen molar-refractivity contribution >= 4 is 45.5 Å². The topological polar surface area (TPSA) is 55.1 Å². The van der Waals surface area contributed by atoms with Gasteiger partial charge in [-0.05, 0) is 12.1 Å². The van der Waals surface area contributed by atoms with E-state index >= 15 is 0 Å². The molecule has 0 unspecified atom stereocenters. The number of imidazole rings is 1. The molecule has 21 heavy (non-hydrogen) atoms. The lowest BCUT2D eigenvalue weighted by molar-refractivity contribution is 1.01. The fourth-order valence-electron chi connectivity index (χ4n) is 1.72. The van der Waals surface area contributed by atoms with Gasteiger partial charge in [0.25, 0.3) is 0 Å². The van der Waals surface area contributed by atoms with Crippen molar-refractivity contribution in [1.82, 2.24) is 19.6 Å². The molecular weight excluding hydrogens is 326 g/mol. The van der Waals surface area contributed by atoms with Crippen molar-refractivity contribution in [3.05, 3.63) is 47.9 Å². The number of hydrogen-bond donors (Lipinski definition) is 1. The van der Waals surface area contributed by atoms with Crippen LogP contribution in [-0.4, -0.2) is 26.1 Å². The van der Waals surface area contributed by atoms with Crippen LogP contribution >= 0.6 is 34.7 Å². The molecule has 0 aliphatic carbocycles. The Morgan fingerprint density at radius 1 is 1.38 bits per heavy atom. The van der Waals surface area contributed by atoms with Crippen LogP contribution in [0.4, 0.5) is 5.13 Å². The molecular formula is C13H12ClN5S2. The Balaban J connectivity index is 1.65. The fraction of sp³-hybridized carbons (Fsp3) is 0.154. The normalized spacial score (nSPS) is 10.9. The summed E-state index contributed by atoms with van der Waals surface area (Å²) in [6.07, 6.45) is 5.61. The Morgan fingerprint density at radius 3 is 3.14 bits per heavy atom. The van der Waals surface area contributed by atoms with Crippen molar-refractivity contribution in [2.45, 2.75) is 10.1 Å². The van der Waals surface area contributed by atoms with E-state index in [1.165, 1.54) is 11.3 Å². The van der Waals surface area contributed by atoms with Gasteiger partial charge in [-0.3, -0.25) is 0 Å². The van der Waals surface area contributed by atoms with Gasteiger partial charge in [-0.25, -0.2) is 4.98 Å². The third-order valence-corrected chi connectivity index (χ3v) is 4.88. The van der Waals surface area contributed by atoms with Crippen LogP contribution in [-0.2, 0) is 5.75 Å². The smallest absolute Gasteiger partial charge is 0.206 e. The molecule has 0 aliphatic heterocycles. The molecule has 0 aromatic carbocycles. The van der Waals surface area contributed by atoms with Crippen LogP contribution in [0.5, 0.6) is 0 Å². The van der Waals surface area contributed by atoms with Gasteiger partial charge < -0.3 is 9.72 Å². The van der Waals surface area contributed by atoms with E-state index in [-0.39, 0.29) is 0 Å². The van der Waals surface area contributed by atoms with Crippen molar-refractivity contribution in [1.29, 1.82) is 0 Å². The maximum Gasteiger partial charge on any atom is 0.206 e. The number of anilines is 1. The minimum atomic E-state index is 0.687. The Morgan fingerprint density at radius 2 is 2.29 bits per heavy atom. The number of rotatable bonds is 6. The van der Waals surface area contributed by atoms with Gasteiger partial charge >= 0.3 is 0 Å². The monoisotopic (exact) mass is 337 g/mol. The number of fused-ring (bicyclic) bond motifs is 1. The average molecular weight is 338 g/mol. The highest BCUT2D eigenvalue weighted by Crippen LogP contribution is 2.28. The molecule has 0 radical (unpaired) electrons. The van der Waals surface area contributed by atoms with E-state index in [1.54, 1.807) is 17.8 Å². The van der Waals surface area contributed by atoms with Crippen LogP contribution in [0.2, 0.25) is 5.02 Å². The highest BCUT2D eigenvalue weighted by atomic mass is 35.5. The van der Waals surface area contributed by atoms with Crippen molar-refractivity contribution in [2.24, 2.45) is 0 Å². The third kappa shape index (κ3) is 3.55. The second kappa shape index (κ2) is 6.46. The summed E-state index contributed by atoms with van der Waals surface area (Å²) >= 11 is 9.11. The highest BCUT2D eigenvalue weighted by molar-refractivity contribution is 8.00. The summed E-state index contributed by atoms with van der Waals surface area (Å²) in [6.45, 7) is 4.34. The van der Waals surface area contributed by atoms with Gasteiger partial charge in [-0.2, -0.15) is 0 Å². The molecule has 108 valence electrons. The van der Waals surface area contributed by atoms with Gasteiger partial charge in [0.1, 0.15) is 5.65 Å². The summed E-state index contributed by atoms with van der Waals surface area (Å²) in [5.74, 6) is 0.745. The number of nitrogens with one attached hydrogen (secondary N) is 1. The molecule has 0 atom stereocenters. The van der Waals surface area contributed by atoms with Crippen LogP contribution in [0.15, 0.2) is 41.5 Å². The largest absolute Gasteiger partial charge is 0.357 e. The quantitative estimate of drug-likeness (QED) is 0.548. The second-order valence-electron chi connectivity index (χ2n) is 4.18. The minimum absolute atomic E-state index is 0.687. The lowest BCUT2D eigenvalue weighted by atomic mass is 10.5. The van der Waals surface area contributed by atoms with E-state index in [4.69, 9.17) is 11.6 Å². The maximum atomic E-state index is 5.96. The first kappa shape index (κ1) is 14.4. The number of aromatic nitrogens is 4. The van der Waals surface area contributed by atoms with E-state index in [0.717, 1.165) is 26.6 Å². The van der Waals surface area contributed by atoms with Gasteiger partial charge in [0.2, 0.25) is 5.13 Å². The Labute approximate surface area is 135 Å². The van der Waals surface area contributed by atoms with E-state index < -0.39 is 0 Å². The standard InChI is InChI=1S/C13H12ClN5S2/c1-2-5-15-12-17-18-13(21-12)20-8-10-7-19-6-9(14)3-4-11(19)16-10/h2-4,6-7H,1,5,8H2,(H,15,17). The Kier molecular flexibility index (Phi) is 4.42. The third-order valence-electron chi connectivity index (χ3n) is 2.61. The van der Waals surface area contributed by atoms with E-state index in [0.29, 0.717) is 11.6 Å². The first-order chi connectivity index (χ1) is 10.2. The van der Waals surface area contributed by atoms with Crippen molar-refractivity contribution in [3.63, 3.8) is 0 Å². The summed E-state index contributed by atoms with van der Waals surface area (Å²) in [5, 5.41) is 12.8. The second-order valence-corrected chi connectivity index (χ2v) is 6.81. The zero-order valence-corrected chi connectivity index (χ0v) is 13.4. The molecule has 0 saturated heterocycles. The predicted molar refractivity (Wildman–Crippen MR) is 88.4 cm³/mol. The minimum Gasteiger partial charge on any atom is -0.357 e. The highest BCUT2D eigenvalue weighted by Gasteiger charge is 2.07. The van der Waals surface area contributed by atoms with E-state index in [2.05, 4.69) is 27.1 Å². The van der Waals surface area contributed by atoms with E-state index in [9.17, 15) is 0 Å². The summed E-state index contributed by atoms with van der Waals surface area (Å²) in [6, 6.07) is 3.74. The molecule has 3 rings (SSSR count). The fourth-order valence-corrected chi connectivity index (χ4v) is 3.53. The van der Waals surface area contributed by atoms with E-state index in [1.807, 2.05) is 28.9 Å². The molecule has 0 fully saturated rings. The van der Waals surface area contributed by atoms with Gasteiger partial charge in [0, 0.05) is 24.7 Å². The van der Waals surface area contributed by atoms with Crippen LogP contribution < -0.4 is 5.32 Å². The predicted octanol–water partition coefficient (Wildman–Crippen LogP) is 3.73. The van der Waals surface area contributed by atoms with Gasteiger partial charge in [0.05, 0.1) is 10.7 Å². The summed E-state index contributed by atoms with van der Waals surface area (Å²) in [5.41, 5.74) is 1.87. The summed E-state index contributed by atoms with van der Waals surface area (Å²) < 4.78 is 2.84. The lowest BCUT2D eigenvalue weighted by Gasteiger charge is -1.93. The molecule has 0 amide bonds. The molecule has 5 nitrogen and oxygen atoms in total. The van der Waals surface area contributed by atoms with Crippen LogP contribution in [0.3, 0.4) is 0 Å². The van der Waals surface area contributed by atoms with Gasteiger partial charge in [-0.15, -0.1) is 16.8 Å². The van der Waals surface area contributed by atoms with Crippen LogP contribution in [0, 0.1) is 0 Å². The van der Waals surface area contributed by atoms with Crippen molar-refractivity contribution < 1.29 is 0 Å². The van der Waals surface area contributed by atoms with Crippen molar-refractivity contribution in [2.75, 3.05) is 11.9 Å². The van der Waals surface area contributed by atoms with Crippen LogP contribution in [0.1, 0.15) is 5.69 Å². The SMILES string of the molecule is C=CCNc1nnc(SCc2cn3cc(Cl)ccc3n2)s1. The zero-order chi connectivity index (χ0) is 14.7. The Hall–Kier alpha value is -1.57. The average Bonchev–Trinajstić information content (AvgIpc) is 3.08. The van der Waals surface area contributed by atoms with Crippen LogP contribution in [0.25, 0.3) is 5.65 Å². The summed E-state index contributed by atoms with van der Waals surface area (Å²) in [4.78, 5) is 4.54. The zero-order valence-electron chi connectivity index (χ0n) is 11.0. The molecule has 1 N–H and O–H groups in total. The molecule has 0 aliphatic rings. The number of hydrogen-bond acceptors (Lipinski definition) is 6.